The van der Waals surface area contributed by atoms with Crippen molar-refractivity contribution in [2.45, 2.75) is 32.9 Å². The van der Waals surface area contributed by atoms with Crippen molar-refractivity contribution in [3.63, 3.8) is 0 Å². The number of hydrogen-bond donors (Lipinski definition) is 1. The summed E-state index contributed by atoms with van der Waals surface area (Å²) in [6.07, 6.45) is 2.53. The van der Waals surface area contributed by atoms with E-state index in [9.17, 15) is 8.42 Å². The van der Waals surface area contributed by atoms with Crippen LogP contribution in [0.4, 0.5) is 0 Å². The molecule has 10 heteroatoms. The second-order valence-electron chi connectivity index (χ2n) is 6.80. The fourth-order valence-electron chi connectivity index (χ4n) is 3.24. The number of hydrogen-bond acceptors (Lipinski definition) is 6. The van der Waals surface area contributed by atoms with Crippen molar-refractivity contribution in [3.05, 3.63) is 18.0 Å². The number of likely N-dealkylation sites (N-methyl/N-ethyl adjacent to an activating group) is 1. The number of nitrogens with one attached hydrogen (secondary N) is 1. The van der Waals surface area contributed by atoms with Crippen molar-refractivity contribution >= 4 is 16.0 Å². The minimum absolute atomic E-state index is 0.123. The predicted octanol–water partition coefficient (Wildman–Crippen LogP) is 0.819. The molecule has 1 N–H and O–H groups in total. The van der Waals surface area contributed by atoms with Gasteiger partial charge in [0, 0.05) is 45.3 Å². The van der Waals surface area contributed by atoms with Crippen LogP contribution in [0, 0.1) is 0 Å². The molecule has 0 aromatic carbocycles. The molecule has 9 nitrogen and oxygen atoms in total. The van der Waals surface area contributed by atoms with Crippen LogP contribution in [-0.4, -0.2) is 92.5 Å². The lowest BCUT2D eigenvalue weighted by Crippen LogP contribution is -2.54. The number of guanidine groups is 1. The standard InChI is InChI=1S/C18H34N6O3S/c1-4-9-22(6-3)10-8-20-18(19-5-2)23-11-13-24(14-12-23)28(25,26)16-17-7-15-27-21-17/h7,15H,4-6,8-14,16H2,1-3H3,(H,19,20). The van der Waals surface area contributed by atoms with Crippen LogP contribution >= 0.6 is 0 Å². The van der Waals surface area contributed by atoms with Gasteiger partial charge in [-0.15, -0.1) is 0 Å². The summed E-state index contributed by atoms with van der Waals surface area (Å²) >= 11 is 0. The molecule has 1 aromatic rings. The maximum Gasteiger partial charge on any atom is 0.220 e. The first-order chi connectivity index (χ1) is 13.5. The van der Waals surface area contributed by atoms with Crippen LogP contribution in [0.2, 0.25) is 0 Å². The Labute approximate surface area is 168 Å². The Hall–Kier alpha value is -1.65. The van der Waals surface area contributed by atoms with Gasteiger partial charge >= 0.3 is 0 Å². The molecule has 0 spiro atoms. The number of piperazine rings is 1. The summed E-state index contributed by atoms with van der Waals surface area (Å²) in [6.45, 7) is 13.1. The second kappa shape index (κ2) is 11.4. The Bertz CT molecular complexity index is 684. The quantitative estimate of drug-likeness (QED) is 0.447. The van der Waals surface area contributed by atoms with E-state index in [-0.39, 0.29) is 5.75 Å². The third kappa shape index (κ3) is 6.75. The Morgan fingerprint density at radius 3 is 2.57 bits per heavy atom. The van der Waals surface area contributed by atoms with Crippen molar-refractivity contribution in [1.82, 2.24) is 24.6 Å². The molecule has 0 radical (unpaired) electrons. The Morgan fingerprint density at radius 2 is 2.00 bits per heavy atom. The van der Waals surface area contributed by atoms with Crippen molar-refractivity contribution in [2.24, 2.45) is 4.99 Å². The number of nitrogens with zero attached hydrogens (tertiary/aromatic N) is 5. The molecule has 160 valence electrons. The highest BCUT2D eigenvalue weighted by molar-refractivity contribution is 7.88. The first kappa shape index (κ1) is 22.6. The molecule has 28 heavy (non-hydrogen) atoms. The van der Waals surface area contributed by atoms with Gasteiger partial charge in [0.15, 0.2) is 5.96 Å². The molecule has 2 heterocycles. The van der Waals surface area contributed by atoms with E-state index in [1.54, 1.807) is 6.07 Å². The summed E-state index contributed by atoms with van der Waals surface area (Å²) in [7, 11) is -3.39. The molecule has 1 aliphatic rings. The molecule has 0 unspecified atom stereocenters. The van der Waals surface area contributed by atoms with Crippen LogP contribution in [0.25, 0.3) is 0 Å². The number of aromatic nitrogens is 1. The normalized spacial score (nSPS) is 16.7. The Kier molecular flexibility index (Phi) is 9.20. The summed E-state index contributed by atoms with van der Waals surface area (Å²) in [4.78, 5) is 9.29. The molecule has 0 amide bonds. The van der Waals surface area contributed by atoms with Gasteiger partial charge in [-0.3, -0.25) is 4.99 Å². The van der Waals surface area contributed by atoms with Crippen LogP contribution in [0.15, 0.2) is 21.8 Å². The van der Waals surface area contributed by atoms with Crippen molar-refractivity contribution in [3.8, 4) is 0 Å². The Balaban J connectivity index is 1.89. The maximum absolute atomic E-state index is 12.6. The molecule has 1 fully saturated rings. The average Bonchev–Trinajstić information content (AvgIpc) is 3.19. The average molecular weight is 415 g/mol. The van der Waals surface area contributed by atoms with Gasteiger partial charge in [-0.25, -0.2) is 8.42 Å². The second-order valence-corrected chi connectivity index (χ2v) is 8.77. The zero-order valence-corrected chi connectivity index (χ0v) is 18.1. The lowest BCUT2D eigenvalue weighted by atomic mass is 10.4. The highest BCUT2D eigenvalue weighted by Crippen LogP contribution is 2.13. The van der Waals surface area contributed by atoms with Crippen molar-refractivity contribution in [1.29, 1.82) is 0 Å². The van der Waals surface area contributed by atoms with Gasteiger partial charge in [0.1, 0.15) is 12.0 Å². The van der Waals surface area contributed by atoms with Crippen LogP contribution in [0.3, 0.4) is 0 Å². The fraction of sp³-hybridized carbons (Fsp3) is 0.778. The highest BCUT2D eigenvalue weighted by atomic mass is 32.2. The zero-order valence-electron chi connectivity index (χ0n) is 17.3. The molecule has 0 aliphatic carbocycles. The van der Waals surface area contributed by atoms with Crippen molar-refractivity contribution in [2.75, 3.05) is 58.9 Å². The van der Waals surface area contributed by atoms with Gasteiger partial charge in [0.25, 0.3) is 0 Å². The minimum Gasteiger partial charge on any atom is -0.364 e. The predicted molar refractivity (Wildman–Crippen MR) is 111 cm³/mol. The van der Waals surface area contributed by atoms with E-state index >= 15 is 0 Å². The number of sulfonamides is 1. The molecule has 0 bridgehead atoms. The molecular weight excluding hydrogens is 380 g/mol. The summed E-state index contributed by atoms with van der Waals surface area (Å²) in [5, 5.41) is 7.04. The van der Waals surface area contributed by atoms with Gasteiger partial charge in [-0.05, 0) is 26.4 Å². The van der Waals surface area contributed by atoms with Crippen LogP contribution in [0.1, 0.15) is 32.9 Å². The molecule has 2 rings (SSSR count). The molecule has 1 aliphatic heterocycles. The monoisotopic (exact) mass is 414 g/mol. The maximum atomic E-state index is 12.6. The number of aliphatic imine (C=N–C) groups is 1. The van der Waals surface area contributed by atoms with E-state index in [1.807, 2.05) is 6.92 Å². The molecule has 1 saturated heterocycles. The molecule has 0 atom stereocenters. The topological polar surface area (TPSA) is 94.3 Å². The largest absolute Gasteiger partial charge is 0.364 e. The molecule has 1 aromatic heterocycles. The summed E-state index contributed by atoms with van der Waals surface area (Å²) in [6, 6.07) is 1.59. The summed E-state index contributed by atoms with van der Waals surface area (Å²) in [5.41, 5.74) is 0.435. The SMILES string of the molecule is CCCN(CC)CCN=C(NCC)N1CCN(S(=O)(=O)Cc2ccon2)CC1. The van der Waals surface area contributed by atoms with Crippen LogP contribution in [0.5, 0.6) is 0 Å². The van der Waals surface area contributed by atoms with E-state index in [4.69, 9.17) is 9.52 Å². The summed E-state index contributed by atoms with van der Waals surface area (Å²) < 4.78 is 31.4. The van der Waals surface area contributed by atoms with Crippen molar-refractivity contribution < 1.29 is 12.9 Å². The lowest BCUT2D eigenvalue weighted by Gasteiger charge is -2.35. The van der Waals surface area contributed by atoms with E-state index in [0.29, 0.717) is 31.9 Å². The van der Waals surface area contributed by atoms with E-state index in [0.717, 1.165) is 45.1 Å². The van der Waals surface area contributed by atoms with E-state index in [2.05, 4.69) is 34.1 Å². The van der Waals surface area contributed by atoms with E-state index < -0.39 is 10.0 Å². The van der Waals surface area contributed by atoms with Gasteiger partial charge in [-0.1, -0.05) is 19.0 Å². The smallest absolute Gasteiger partial charge is 0.220 e. The highest BCUT2D eigenvalue weighted by Gasteiger charge is 2.28. The van der Waals surface area contributed by atoms with E-state index in [1.165, 1.54) is 10.6 Å². The first-order valence-corrected chi connectivity index (χ1v) is 11.7. The Morgan fingerprint density at radius 1 is 1.25 bits per heavy atom. The van der Waals surface area contributed by atoms with Gasteiger partial charge in [0.05, 0.1) is 12.2 Å². The van der Waals surface area contributed by atoms with Gasteiger partial charge < -0.3 is 19.6 Å². The first-order valence-electron chi connectivity index (χ1n) is 10.1. The summed E-state index contributed by atoms with van der Waals surface area (Å²) in [5.74, 6) is 0.741. The van der Waals surface area contributed by atoms with Gasteiger partial charge in [0.2, 0.25) is 10.0 Å². The molecular formula is C18H34N6O3S. The minimum atomic E-state index is -3.39. The van der Waals surface area contributed by atoms with Gasteiger partial charge in [-0.2, -0.15) is 4.31 Å². The fourth-order valence-corrected chi connectivity index (χ4v) is 4.66. The lowest BCUT2D eigenvalue weighted by molar-refractivity contribution is 0.258. The van der Waals surface area contributed by atoms with Crippen LogP contribution in [-0.2, 0) is 15.8 Å². The third-order valence-electron chi connectivity index (χ3n) is 4.75. The molecule has 0 saturated carbocycles. The third-order valence-corrected chi connectivity index (χ3v) is 6.57. The number of rotatable bonds is 10. The van der Waals surface area contributed by atoms with Crippen LogP contribution < -0.4 is 5.32 Å². The zero-order chi connectivity index (χ0) is 20.4.